The van der Waals surface area contributed by atoms with Gasteiger partial charge in [-0.15, -0.1) is 11.6 Å². The van der Waals surface area contributed by atoms with E-state index in [-0.39, 0.29) is 5.38 Å². The first kappa shape index (κ1) is 9.26. The van der Waals surface area contributed by atoms with Gasteiger partial charge in [-0.05, 0) is 13.0 Å². The van der Waals surface area contributed by atoms with Crippen LogP contribution in [0.5, 0.6) is 0 Å². The van der Waals surface area contributed by atoms with E-state index in [0.29, 0.717) is 5.95 Å². The van der Waals surface area contributed by atoms with E-state index in [1.165, 1.54) is 0 Å². The average molecular weight is 186 g/mol. The second-order valence-corrected chi connectivity index (χ2v) is 3.46. The first-order valence-corrected chi connectivity index (χ1v) is 4.26. The van der Waals surface area contributed by atoms with Crippen LogP contribution in [0, 0.1) is 0 Å². The molecule has 1 heterocycles. The summed E-state index contributed by atoms with van der Waals surface area (Å²) >= 11 is 5.83. The van der Waals surface area contributed by atoms with Gasteiger partial charge >= 0.3 is 0 Å². The highest BCUT2D eigenvalue weighted by Gasteiger charge is 2.05. The molecule has 1 aromatic rings. The number of alkyl halides is 1. The predicted octanol–water partition coefficient (Wildman–Crippen LogP) is 1.54. The van der Waals surface area contributed by atoms with Gasteiger partial charge in [-0.25, -0.2) is 9.97 Å². The molecule has 4 heteroatoms. The largest absolute Gasteiger partial charge is 0.342 e. The Morgan fingerprint density at radius 2 is 2.08 bits per heavy atom. The lowest BCUT2D eigenvalue weighted by atomic mass is 10.4. The summed E-state index contributed by atoms with van der Waals surface area (Å²) in [5.74, 6) is 0.713. The molecular formula is C8H12ClN3. The second kappa shape index (κ2) is 4.26. The van der Waals surface area contributed by atoms with Crippen LogP contribution in [-0.4, -0.2) is 28.9 Å². The summed E-state index contributed by atoms with van der Waals surface area (Å²) in [5.41, 5.74) is 0. The van der Waals surface area contributed by atoms with Crippen molar-refractivity contribution in [2.75, 3.05) is 18.5 Å². The maximum atomic E-state index is 5.83. The molecule has 12 heavy (non-hydrogen) atoms. The molecule has 0 aromatic carbocycles. The van der Waals surface area contributed by atoms with E-state index in [4.69, 9.17) is 11.6 Å². The molecule has 0 spiro atoms. The number of rotatable bonds is 3. The lowest BCUT2D eigenvalue weighted by Crippen LogP contribution is -2.25. The van der Waals surface area contributed by atoms with Gasteiger partial charge < -0.3 is 4.90 Å². The van der Waals surface area contributed by atoms with E-state index in [1.54, 1.807) is 18.5 Å². The fraction of sp³-hybridized carbons (Fsp3) is 0.500. The van der Waals surface area contributed by atoms with Gasteiger partial charge in [-0.2, -0.15) is 0 Å². The van der Waals surface area contributed by atoms with Crippen molar-refractivity contribution >= 4 is 17.5 Å². The molecule has 0 bridgehead atoms. The van der Waals surface area contributed by atoms with Crippen LogP contribution >= 0.6 is 11.6 Å². The molecule has 0 radical (unpaired) electrons. The minimum Gasteiger partial charge on any atom is -0.342 e. The Hall–Kier alpha value is -0.830. The average Bonchev–Trinajstić information content (AvgIpc) is 2.05. The third-order valence-electron chi connectivity index (χ3n) is 1.42. The highest BCUT2D eigenvalue weighted by Crippen LogP contribution is 2.04. The minimum absolute atomic E-state index is 0.110. The number of hydrogen-bond donors (Lipinski definition) is 0. The molecule has 1 unspecified atom stereocenters. The third kappa shape index (κ3) is 2.66. The standard InChI is InChI=1S/C8H12ClN3/c1-7(9)6-12(2)8-10-4-3-5-11-8/h3-5,7H,6H2,1-2H3. The van der Waals surface area contributed by atoms with Gasteiger partial charge in [0, 0.05) is 31.4 Å². The Morgan fingerprint density at radius 1 is 1.50 bits per heavy atom. The minimum atomic E-state index is 0.110. The van der Waals surface area contributed by atoms with Gasteiger partial charge in [-0.1, -0.05) is 0 Å². The number of halogens is 1. The summed E-state index contributed by atoms with van der Waals surface area (Å²) in [5, 5.41) is 0.110. The van der Waals surface area contributed by atoms with Crippen molar-refractivity contribution < 1.29 is 0 Å². The van der Waals surface area contributed by atoms with Crippen molar-refractivity contribution in [3.63, 3.8) is 0 Å². The molecule has 1 atom stereocenters. The Labute approximate surface area is 77.4 Å². The molecule has 0 aliphatic rings. The number of nitrogens with zero attached hydrogens (tertiary/aromatic N) is 3. The molecule has 1 aromatic heterocycles. The summed E-state index contributed by atoms with van der Waals surface area (Å²) in [6.07, 6.45) is 3.44. The van der Waals surface area contributed by atoms with Crippen molar-refractivity contribution in [2.24, 2.45) is 0 Å². The van der Waals surface area contributed by atoms with E-state index in [2.05, 4.69) is 9.97 Å². The van der Waals surface area contributed by atoms with E-state index < -0.39 is 0 Å². The molecule has 66 valence electrons. The molecule has 0 fully saturated rings. The van der Waals surface area contributed by atoms with Crippen molar-refractivity contribution in [1.82, 2.24) is 9.97 Å². The zero-order valence-electron chi connectivity index (χ0n) is 7.24. The van der Waals surface area contributed by atoms with Crippen LogP contribution in [0.1, 0.15) is 6.92 Å². The second-order valence-electron chi connectivity index (χ2n) is 2.71. The molecule has 3 nitrogen and oxygen atoms in total. The van der Waals surface area contributed by atoms with Crippen LogP contribution in [0.25, 0.3) is 0 Å². The lowest BCUT2D eigenvalue weighted by Gasteiger charge is -2.17. The molecule has 0 aliphatic carbocycles. The molecule has 0 N–H and O–H groups in total. The highest BCUT2D eigenvalue weighted by atomic mass is 35.5. The molecule has 0 saturated heterocycles. The van der Waals surface area contributed by atoms with Crippen LogP contribution in [-0.2, 0) is 0 Å². The number of aromatic nitrogens is 2. The van der Waals surface area contributed by atoms with Crippen LogP contribution in [0.3, 0.4) is 0 Å². The van der Waals surface area contributed by atoms with Gasteiger partial charge in [0.2, 0.25) is 5.95 Å². The van der Waals surface area contributed by atoms with Crippen LogP contribution in [0.4, 0.5) is 5.95 Å². The van der Waals surface area contributed by atoms with E-state index in [9.17, 15) is 0 Å². The Kier molecular flexibility index (Phi) is 3.29. The topological polar surface area (TPSA) is 29.0 Å². The number of hydrogen-bond acceptors (Lipinski definition) is 3. The molecule has 1 rings (SSSR count). The fourth-order valence-electron chi connectivity index (χ4n) is 0.947. The fourth-order valence-corrected chi connectivity index (χ4v) is 1.15. The summed E-state index contributed by atoms with van der Waals surface area (Å²) in [7, 11) is 1.92. The first-order chi connectivity index (χ1) is 5.70. The van der Waals surface area contributed by atoms with Gasteiger partial charge in [0.05, 0.1) is 0 Å². The van der Waals surface area contributed by atoms with Crippen LogP contribution in [0.15, 0.2) is 18.5 Å². The quantitative estimate of drug-likeness (QED) is 0.669. The molecule has 0 saturated carbocycles. The summed E-state index contributed by atoms with van der Waals surface area (Å²) in [6, 6.07) is 1.79. The van der Waals surface area contributed by atoms with Crippen molar-refractivity contribution in [3.8, 4) is 0 Å². The number of anilines is 1. The Bertz CT molecular complexity index is 225. The van der Waals surface area contributed by atoms with Gasteiger partial charge in [-0.3, -0.25) is 0 Å². The molecule has 0 aliphatic heterocycles. The Morgan fingerprint density at radius 3 is 2.58 bits per heavy atom. The first-order valence-electron chi connectivity index (χ1n) is 3.82. The van der Waals surface area contributed by atoms with Gasteiger partial charge in [0.25, 0.3) is 0 Å². The highest BCUT2D eigenvalue weighted by molar-refractivity contribution is 6.20. The van der Waals surface area contributed by atoms with Crippen molar-refractivity contribution in [2.45, 2.75) is 12.3 Å². The van der Waals surface area contributed by atoms with Gasteiger partial charge in [0.1, 0.15) is 0 Å². The third-order valence-corrected chi connectivity index (χ3v) is 1.56. The van der Waals surface area contributed by atoms with Gasteiger partial charge in [0.15, 0.2) is 0 Å². The maximum Gasteiger partial charge on any atom is 0.225 e. The SMILES string of the molecule is CC(Cl)CN(C)c1ncccn1. The van der Waals surface area contributed by atoms with E-state index in [0.717, 1.165) is 6.54 Å². The van der Waals surface area contributed by atoms with E-state index >= 15 is 0 Å². The monoisotopic (exact) mass is 185 g/mol. The Balaban J connectivity index is 2.59. The summed E-state index contributed by atoms with van der Waals surface area (Å²) < 4.78 is 0. The van der Waals surface area contributed by atoms with Crippen molar-refractivity contribution in [3.05, 3.63) is 18.5 Å². The zero-order chi connectivity index (χ0) is 8.97. The lowest BCUT2D eigenvalue weighted by molar-refractivity contribution is 0.824. The molecular weight excluding hydrogens is 174 g/mol. The van der Waals surface area contributed by atoms with Crippen LogP contribution < -0.4 is 4.90 Å². The normalized spacial score (nSPS) is 12.6. The maximum absolute atomic E-state index is 5.83. The summed E-state index contributed by atoms with van der Waals surface area (Å²) in [4.78, 5) is 10.1. The zero-order valence-corrected chi connectivity index (χ0v) is 7.99. The van der Waals surface area contributed by atoms with E-state index in [1.807, 2.05) is 18.9 Å². The smallest absolute Gasteiger partial charge is 0.225 e. The molecule has 0 amide bonds. The van der Waals surface area contributed by atoms with Crippen molar-refractivity contribution in [1.29, 1.82) is 0 Å². The summed E-state index contributed by atoms with van der Waals surface area (Å²) in [6.45, 7) is 2.70. The van der Waals surface area contributed by atoms with Crippen LogP contribution in [0.2, 0.25) is 0 Å². The predicted molar refractivity (Wildman–Crippen MR) is 50.6 cm³/mol.